The second kappa shape index (κ2) is 6.66. The Labute approximate surface area is 177 Å². The number of fused-ring (bicyclic) bond motifs is 1. The molecule has 1 spiro atoms. The van der Waals surface area contributed by atoms with Crippen molar-refractivity contribution in [3.8, 4) is 20.9 Å². The largest absolute Gasteiger partial charge is 0.253 e. The van der Waals surface area contributed by atoms with Crippen molar-refractivity contribution >= 4 is 54.5 Å². The van der Waals surface area contributed by atoms with Crippen LogP contribution >= 0.6 is 54.5 Å². The molecule has 1 aromatic carbocycles. The van der Waals surface area contributed by atoms with Crippen LogP contribution in [0.4, 0.5) is 0 Å². The van der Waals surface area contributed by atoms with Gasteiger partial charge in [-0.15, -0.1) is 22.7 Å². The molecule has 6 heteroatoms. The van der Waals surface area contributed by atoms with Crippen molar-refractivity contribution in [3.05, 3.63) is 54.7 Å². The maximum atomic E-state index is 5.24. The molecule has 0 unspecified atom stereocenters. The summed E-state index contributed by atoms with van der Waals surface area (Å²) < 4.78 is 2.30. The minimum atomic E-state index is -0.228. The molecule has 1 fully saturated rings. The normalized spacial score (nSPS) is 17.8. The van der Waals surface area contributed by atoms with Crippen LogP contribution in [0.25, 0.3) is 20.9 Å². The lowest BCUT2D eigenvalue weighted by atomic mass is 9.90. The molecule has 1 aliphatic heterocycles. The van der Waals surface area contributed by atoms with Gasteiger partial charge in [0.1, 0.15) is 0 Å². The van der Waals surface area contributed by atoms with E-state index in [0.29, 0.717) is 0 Å². The first-order valence-electron chi connectivity index (χ1n) is 8.78. The number of hydrogen-bond acceptors (Lipinski definition) is 4. The van der Waals surface area contributed by atoms with E-state index in [2.05, 4.69) is 68.3 Å². The van der Waals surface area contributed by atoms with Gasteiger partial charge in [-0.3, -0.25) is 9.98 Å². The van der Waals surface area contributed by atoms with Crippen molar-refractivity contribution in [3.63, 3.8) is 0 Å². The summed E-state index contributed by atoms with van der Waals surface area (Å²) in [6.45, 7) is 0. The molecule has 0 atom stereocenters. The highest BCUT2D eigenvalue weighted by atomic mass is 79.9. The fraction of sp³-hybridized carbons (Fsp3) is 0.300. The second-order valence-corrected chi connectivity index (χ2v) is 11.8. The van der Waals surface area contributed by atoms with Gasteiger partial charge in [-0.25, -0.2) is 0 Å². The third kappa shape index (κ3) is 2.95. The van der Waals surface area contributed by atoms with Crippen LogP contribution in [0.15, 0.2) is 54.0 Å². The van der Waals surface area contributed by atoms with Gasteiger partial charge < -0.3 is 0 Å². The Kier molecular flexibility index (Phi) is 4.43. The smallest absolute Gasteiger partial charge is 0.151 e. The van der Waals surface area contributed by atoms with E-state index in [1.165, 1.54) is 40.1 Å². The molecule has 3 heterocycles. The Morgan fingerprint density at radius 2 is 1.19 bits per heavy atom. The van der Waals surface area contributed by atoms with E-state index in [-0.39, 0.29) is 5.66 Å². The molecule has 2 aliphatic rings. The molecule has 5 rings (SSSR count). The van der Waals surface area contributed by atoms with E-state index >= 15 is 0 Å². The molecule has 1 saturated carbocycles. The first-order chi connectivity index (χ1) is 12.6. The molecule has 0 bridgehead atoms. The van der Waals surface area contributed by atoms with Crippen molar-refractivity contribution in [2.24, 2.45) is 9.98 Å². The zero-order chi connectivity index (χ0) is 17.7. The van der Waals surface area contributed by atoms with Crippen LogP contribution in [0.1, 0.15) is 32.1 Å². The number of halogens is 2. The van der Waals surface area contributed by atoms with Crippen LogP contribution < -0.4 is 10.7 Å². The number of rotatable bonds is 2. The topological polar surface area (TPSA) is 24.7 Å². The number of hydrogen-bond donors (Lipinski definition) is 0. The van der Waals surface area contributed by atoms with Crippen LogP contribution in [0.2, 0.25) is 0 Å². The Morgan fingerprint density at radius 1 is 0.692 bits per heavy atom. The summed E-state index contributed by atoms with van der Waals surface area (Å²) in [5.41, 5.74) is 2.19. The van der Waals surface area contributed by atoms with Crippen molar-refractivity contribution < 1.29 is 0 Å². The van der Waals surface area contributed by atoms with E-state index in [0.717, 1.165) is 31.1 Å². The molecule has 132 valence electrons. The van der Waals surface area contributed by atoms with Crippen molar-refractivity contribution in [1.82, 2.24) is 0 Å². The first-order valence-corrected chi connectivity index (χ1v) is 12.0. The highest BCUT2D eigenvalue weighted by Gasteiger charge is 2.34. The van der Waals surface area contributed by atoms with E-state index in [1.807, 2.05) is 0 Å². The van der Waals surface area contributed by atoms with Crippen LogP contribution in [-0.2, 0) is 0 Å². The maximum absolute atomic E-state index is 5.24. The van der Waals surface area contributed by atoms with Crippen molar-refractivity contribution in [2.45, 2.75) is 37.8 Å². The van der Waals surface area contributed by atoms with Gasteiger partial charge in [-0.1, -0.05) is 18.6 Å². The van der Waals surface area contributed by atoms with E-state index in [9.17, 15) is 0 Å². The van der Waals surface area contributed by atoms with Gasteiger partial charge in [0.2, 0.25) is 0 Å². The quantitative estimate of drug-likeness (QED) is 0.374. The average Bonchev–Trinajstić information content (AvgIpc) is 3.33. The lowest BCUT2D eigenvalue weighted by Crippen LogP contribution is -2.26. The Balaban J connectivity index is 1.77. The molecule has 1 aliphatic carbocycles. The fourth-order valence-electron chi connectivity index (χ4n) is 3.90. The Bertz CT molecular complexity index is 1030. The molecular formula is C20H16Br2N2S2. The predicted octanol–water partition coefficient (Wildman–Crippen LogP) is 6.58. The van der Waals surface area contributed by atoms with E-state index < -0.39 is 0 Å². The summed E-state index contributed by atoms with van der Waals surface area (Å²) in [6, 6.07) is 13.0. The minimum absolute atomic E-state index is 0.228. The standard InChI is InChI=1S/C20H16Br2N2S2/c21-16-8-6-14(25-16)12-4-5-13(15-7-9-17(22)26-15)19-18(12)23-20(24-19)10-2-1-3-11-20/h4-9H,1-3,10-11H2. The Hall–Kier alpha value is -0.820. The summed E-state index contributed by atoms with van der Waals surface area (Å²) in [6.07, 6.45) is 5.89. The van der Waals surface area contributed by atoms with Crippen LogP contribution in [0.5, 0.6) is 0 Å². The molecule has 0 amide bonds. The summed E-state index contributed by atoms with van der Waals surface area (Å²) >= 11 is 10.7. The number of benzene rings is 1. The van der Waals surface area contributed by atoms with Gasteiger partial charge in [0.15, 0.2) is 5.66 Å². The molecule has 0 N–H and O–H groups in total. The summed E-state index contributed by atoms with van der Waals surface area (Å²) in [7, 11) is 0. The van der Waals surface area contributed by atoms with Crippen molar-refractivity contribution in [1.29, 1.82) is 0 Å². The zero-order valence-corrected chi connectivity index (χ0v) is 18.8. The molecule has 2 nitrogen and oxygen atoms in total. The predicted molar refractivity (Wildman–Crippen MR) is 117 cm³/mol. The van der Waals surface area contributed by atoms with Gasteiger partial charge in [0.25, 0.3) is 0 Å². The lowest BCUT2D eigenvalue weighted by Gasteiger charge is -2.27. The lowest BCUT2D eigenvalue weighted by molar-refractivity contribution is 0.309. The molecule has 2 aromatic heterocycles. The van der Waals surface area contributed by atoms with E-state index in [1.54, 1.807) is 22.7 Å². The highest BCUT2D eigenvalue weighted by molar-refractivity contribution is 9.11. The average molecular weight is 508 g/mol. The third-order valence-electron chi connectivity index (χ3n) is 5.12. The molecule has 3 aromatic rings. The van der Waals surface area contributed by atoms with E-state index in [4.69, 9.17) is 9.98 Å². The van der Waals surface area contributed by atoms with Crippen molar-refractivity contribution in [2.75, 3.05) is 0 Å². The van der Waals surface area contributed by atoms with Gasteiger partial charge in [-0.2, -0.15) is 0 Å². The maximum Gasteiger partial charge on any atom is 0.151 e. The number of thiophene rings is 2. The minimum Gasteiger partial charge on any atom is -0.253 e. The monoisotopic (exact) mass is 506 g/mol. The summed E-state index contributed by atoms with van der Waals surface area (Å²) in [5.74, 6) is 0. The van der Waals surface area contributed by atoms with Gasteiger partial charge in [0, 0.05) is 20.9 Å². The highest BCUT2D eigenvalue weighted by Crippen LogP contribution is 2.37. The van der Waals surface area contributed by atoms with Gasteiger partial charge in [0.05, 0.1) is 18.3 Å². The molecular weight excluding hydrogens is 492 g/mol. The molecule has 26 heavy (non-hydrogen) atoms. The number of nitrogens with zero attached hydrogens (tertiary/aromatic N) is 2. The third-order valence-corrected chi connectivity index (χ3v) is 8.44. The molecule has 0 saturated heterocycles. The Morgan fingerprint density at radius 3 is 1.62 bits per heavy atom. The fourth-order valence-corrected chi connectivity index (χ4v) is 6.73. The summed E-state index contributed by atoms with van der Waals surface area (Å²) in [4.78, 5) is 13.0. The van der Waals surface area contributed by atoms with Crippen LogP contribution in [0.3, 0.4) is 0 Å². The molecule has 0 radical (unpaired) electrons. The SMILES string of the molecule is Brc1ccc(-c2ccc(-c3ccc(Br)s3)c3c2=NC2(CCCCC2)N=3)s1. The van der Waals surface area contributed by atoms with Crippen LogP contribution in [0, 0.1) is 0 Å². The summed E-state index contributed by atoms with van der Waals surface area (Å²) in [5, 5.41) is 2.17. The second-order valence-electron chi connectivity index (χ2n) is 6.83. The van der Waals surface area contributed by atoms with Crippen LogP contribution in [-0.4, -0.2) is 5.66 Å². The van der Waals surface area contributed by atoms with Gasteiger partial charge in [-0.05, 0) is 81.8 Å². The van der Waals surface area contributed by atoms with Gasteiger partial charge >= 0.3 is 0 Å². The zero-order valence-electron chi connectivity index (χ0n) is 14.0. The first kappa shape index (κ1) is 17.3.